The Bertz CT molecular complexity index is 340. The average Bonchev–Trinajstić information content (AvgIpc) is 2.16. The van der Waals surface area contributed by atoms with Crippen LogP contribution in [-0.2, 0) is 4.79 Å². The summed E-state index contributed by atoms with van der Waals surface area (Å²) in [7, 11) is 0. The number of anilines is 1. The summed E-state index contributed by atoms with van der Waals surface area (Å²) in [6.45, 7) is 6.19. The van der Waals surface area contributed by atoms with E-state index in [2.05, 4.69) is 5.32 Å². The minimum atomic E-state index is -0.770. The van der Waals surface area contributed by atoms with Crippen molar-refractivity contribution in [3.8, 4) is 0 Å². The molecule has 0 fully saturated rings. The van der Waals surface area contributed by atoms with E-state index in [9.17, 15) is 4.79 Å². The lowest BCUT2D eigenvalue weighted by atomic mass is 10.1. The predicted molar refractivity (Wildman–Crippen MR) is 61.2 cm³/mol. The van der Waals surface area contributed by atoms with Gasteiger partial charge in [-0.15, -0.1) is 0 Å². The van der Waals surface area contributed by atoms with Crippen molar-refractivity contribution in [2.24, 2.45) is 5.92 Å². The van der Waals surface area contributed by atoms with Crippen LogP contribution in [0.3, 0.4) is 0 Å². The quantitative estimate of drug-likeness (QED) is 0.797. The Morgan fingerprint density at radius 2 is 1.93 bits per heavy atom. The number of nitrogens with one attached hydrogen (secondary N) is 1. The molecule has 3 nitrogen and oxygen atoms in total. The van der Waals surface area contributed by atoms with Crippen molar-refractivity contribution in [3.05, 3.63) is 29.3 Å². The molecule has 0 spiro atoms. The van der Waals surface area contributed by atoms with Crippen molar-refractivity contribution in [1.29, 1.82) is 0 Å². The van der Waals surface area contributed by atoms with Crippen LogP contribution in [0.5, 0.6) is 0 Å². The normalized spacial score (nSPS) is 12.2. The van der Waals surface area contributed by atoms with Crippen molar-refractivity contribution in [1.82, 2.24) is 0 Å². The molecule has 3 heteroatoms. The Hall–Kier alpha value is -1.51. The molecule has 0 radical (unpaired) electrons. The van der Waals surface area contributed by atoms with Gasteiger partial charge in [0.25, 0.3) is 0 Å². The predicted octanol–water partition coefficient (Wildman–Crippen LogP) is 2.44. The number of aryl methyl sites for hydroxylation is 2. The fraction of sp³-hybridized carbons (Fsp3) is 0.417. The summed E-state index contributed by atoms with van der Waals surface area (Å²) in [5, 5.41) is 11.9. The zero-order valence-electron chi connectivity index (χ0n) is 9.37. The first-order valence-corrected chi connectivity index (χ1v) is 5.05. The van der Waals surface area contributed by atoms with E-state index in [1.165, 1.54) is 0 Å². The molecule has 0 bridgehead atoms. The molecule has 0 heterocycles. The third-order valence-corrected chi connectivity index (χ3v) is 2.49. The van der Waals surface area contributed by atoms with E-state index in [0.29, 0.717) is 6.54 Å². The number of benzene rings is 1. The summed E-state index contributed by atoms with van der Waals surface area (Å²) >= 11 is 0. The zero-order chi connectivity index (χ0) is 11.4. The lowest BCUT2D eigenvalue weighted by Crippen LogP contribution is -2.20. The van der Waals surface area contributed by atoms with E-state index in [1.54, 1.807) is 6.92 Å². The summed E-state index contributed by atoms with van der Waals surface area (Å²) < 4.78 is 0. The summed E-state index contributed by atoms with van der Waals surface area (Å²) in [5.41, 5.74) is 3.34. The van der Waals surface area contributed by atoms with E-state index in [1.807, 2.05) is 32.0 Å². The lowest BCUT2D eigenvalue weighted by molar-refractivity contribution is -0.140. The van der Waals surface area contributed by atoms with Crippen molar-refractivity contribution in [2.75, 3.05) is 11.9 Å². The zero-order valence-corrected chi connectivity index (χ0v) is 9.37. The number of carboxylic acids is 1. The molecule has 15 heavy (non-hydrogen) atoms. The van der Waals surface area contributed by atoms with Gasteiger partial charge in [0.2, 0.25) is 0 Å². The molecule has 0 amide bonds. The topological polar surface area (TPSA) is 49.3 Å². The number of aliphatic carboxylic acids is 1. The molecule has 0 saturated heterocycles. The summed E-state index contributed by atoms with van der Waals surface area (Å²) in [6.07, 6.45) is 0. The van der Waals surface area contributed by atoms with Crippen LogP contribution in [0.4, 0.5) is 5.69 Å². The number of carboxylic acid groups (broad SMARTS) is 1. The van der Waals surface area contributed by atoms with Crippen LogP contribution in [-0.4, -0.2) is 17.6 Å². The van der Waals surface area contributed by atoms with E-state index < -0.39 is 5.97 Å². The van der Waals surface area contributed by atoms with Crippen molar-refractivity contribution < 1.29 is 9.90 Å². The van der Waals surface area contributed by atoms with Crippen LogP contribution in [0, 0.1) is 19.8 Å². The van der Waals surface area contributed by atoms with Crippen molar-refractivity contribution >= 4 is 11.7 Å². The molecule has 1 aromatic rings. The molecule has 82 valence electrons. The molecule has 1 aromatic carbocycles. The Kier molecular flexibility index (Phi) is 3.72. The molecule has 0 aliphatic rings. The van der Waals surface area contributed by atoms with Gasteiger partial charge < -0.3 is 10.4 Å². The second-order valence-corrected chi connectivity index (χ2v) is 3.89. The Morgan fingerprint density at radius 1 is 1.40 bits per heavy atom. The maximum atomic E-state index is 10.7. The van der Waals surface area contributed by atoms with Crippen LogP contribution in [0.1, 0.15) is 18.1 Å². The van der Waals surface area contributed by atoms with E-state index in [-0.39, 0.29) is 5.92 Å². The largest absolute Gasteiger partial charge is 0.481 e. The maximum Gasteiger partial charge on any atom is 0.308 e. The third kappa shape index (κ3) is 2.98. The van der Waals surface area contributed by atoms with Gasteiger partial charge in [-0.25, -0.2) is 0 Å². The van der Waals surface area contributed by atoms with Crippen LogP contribution in [0.2, 0.25) is 0 Å². The second kappa shape index (κ2) is 4.82. The highest BCUT2D eigenvalue weighted by Crippen LogP contribution is 2.19. The van der Waals surface area contributed by atoms with Crippen LogP contribution in [0.15, 0.2) is 18.2 Å². The average molecular weight is 207 g/mol. The van der Waals surface area contributed by atoms with E-state index in [4.69, 9.17) is 5.11 Å². The van der Waals surface area contributed by atoms with Crippen LogP contribution >= 0.6 is 0 Å². The molecule has 1 atom stereocenters. The molecular formula is C12H17NO2. The first-order chi connectivity index (χ1) is 7.02. The maximum absolute atomic E-state index is 10.7. The van der Waals surface area contributed by atoms with Gasteiger partial charge >= 0.3 is 5.97 Å². The molecule has 0 aliphatic carbocycles. The van der Waals surface area contributed by atoms with Gasteiger partial charge in [0, 0.05) is 12.2 Å². The summed E-state index contributed by atoms with van der Waals surface area (Å²) in [4.78, 5) is 10.7. The van der Waals surface area contributed by atoms with E-state index in [0.717, 1.165) is 16.8 Å². The molecule has 0 aliphatic heterocycles. The van der Waals surface area contributed by atoms with Crippen molar-refractivity contribution in [3.63, 3.8) is 0 Å². The van der Waals surface area contributed by atoms with Gasteiger partial charge in [-0.05, 0) is 25.0 Å². The number of hydrogen-bond donors (Lipinski definition) is 2. The molecule has 0 saturated carbocycles. The fourth-order valence-corrected chi connectivity index (χ4v) is 1.44. The highest BCUT2D eigenvalue weighted by molar-refractivity contribution is 5.70. The number of hydrogen-bond acceptors (Lipinski definition) is 2. The smallest absolute Gasteiger partial charge is 0.308 e. The molecule has 0 unspecified atom stereocenters. The minimum absolute atomic E-state index is 0.371. The molecule has 1 rings (SSSR count). The second-order valence-electron chi connectivity index (χ2n) is 3.89. The molecular weight excluding hydrogens is 190 g/mol. The number of rotatable bonds is 4. The SMILES string of the molecule is Cc1cccc(C)c1NC[C@H](C)C(=O)O. The van der Waals surface area contributed by atoms with Crippen LogP contribution in [0.25, 0.3) is 0 Å². The standard InChI is InChI=1S/C12H17NO2/c1-8-5-4-6-9(2)11(8)13-7-10(3)12(14)15/h4-6,10,13H,7H2,1-3H3,(H,14,15)/t10-/m0/s1. The summed E-state index contributed by atoms with van der Waals surface area (Å²) in [5.74, 6) is -1.14. The van der Waals surface area contributed by atoms with Gasteiger partial charge in [0.1, 0.15) is 0 Å². The third-order valence-electron chi connectivity index (χ3n) is 2.49. The first kappa shape index (κ1) is 11.6. The monoisotopic (exact) mass is 207 g/mol. The molecule has 0 aromatic heterocycles. The highest BCUT2D eigenvalue weighted by Gasteiger charge is 2.11. The lowest BCUT2D eigenvalue weighted by Gasteiger charge is -2.14. The Morgan fingerprint density at radius 3 is 2.40 bits per heavy atom. The minimum Gasteiger partial charge on any atom is -0.481 e. The van der Waals surface area contributed by atoms with Gasteiger partial charge in [-0.2, -0.15) is 0 Å². The van der Waals surface area contributed by atoms with Gasteiger partial charge in [0.05, 0.1) is 5.92 Å². The molecule has 2 N–H and O–H groups in total. The van der Waals surface area contributed by atoms with Gasteiger partial charge in [0.15, 0.2) is 0 Å². The van der Waals surface area contributed by atoms with Crippen molar-refractivity contribution in [2.45, 2.75) is 20.8 Å². The Balaban J connectivity index is 2.69. The van der Waals surface area contributed by atoms with Gasteiger partial charge in [-0.3, -0.25) is 4.79 Å². The number of para-hydroxylation sites is 1. The van der Waals surface area contributed by atoms with E-state index >= 15 is 0 Å². The first-order valence-electron chi connectivity index (χ1n) is 5.05. The Labute approximate surface area is 90.1 Å². The van der Waals surface area contributed by atoms with Crippen LogP contribution < -0.4 is 5.32 Å². The summed E-state index contributed by atoms with van der Waals surface area (Å²) in [6, 6.07) is 6.03. The number of carbonyl (C=O) groups is 1. The highest BCUT2D eigenvalue weighted by atomic mass is 16.4. The fourth-order valence-electron chi connectivity index (χ4n) is 1.44. The van der Waals surface area contributed by atoms with Gasteiger partial charge in [-0.1, -0.05) is 25.1 Å².